The second-order valence-electron chi connectivity index (χ2n) is 3.68. The largest absolute Gasteiger partial charge is 0.703 e. The Hall–Kier alpha value is -1.08. The summed E-state index contributed by atoms with van der Waals surface area (Å²) in [5, 5.41) is 16.3. The highest BCUT2D eigenvalue weighted by Gasteiger charge is 2.53. The highest BCUT2D eigenvalue weighted by molar-refractivity contribution is 7.34. The monoisotopic (exact) mass is 268 g/mol. The van der Waals surface area contributed by atoms with Crippen molar-refractivity contribution < 1.29 is 33.4 Å². The number of hydrogen-bond donors (Lipinski definition) is 3. The third-order valence-corrected chi connectivity index (χ3v) is 2.75. The van der Waals surface area contributed by atoms with Crippen molar-refractivity contribution in [3.63, 3.8) is 0 Å². The second-order valence-corrected chi connectivity index (χ2v) is 4.50. The summed E-state index contributed by atoms with van der Waals surface area (Å²) in [7, 11) is -1.76. The molecule has 1 saturated heterocycles. The van der Waals surface area contributed by atoms with Crippen molar-refractivity contribution in [1.82, 2.24) is 0 Å². The Morgan fingerprint density at radius 2 is 1.82 bits per heavy atom. The minimum absolute atomic E-state index is 0.0231. The molecule has 1 fully saturated rings. The van der Waals surface area contributed by atoms with Gasteiger partial charge in [-0.25, -0.2) is 0 Å². The highest BCUT2D eigenvalue weighted by Crippen LogP contribution is 2.46. The Labute approximate surface area is 98.7 Å². The van der Waals surface area contributed by atoms with Crippen LogP contribution in [0.15, 0.2) is 0 Å². The first kappa shape index (κ1) is 15.9. The fourth-order valence-electron chi connectivity index (χ4n) is 0.768. The van der Waals surface area contributed by atoms with Crippen LogP contribution in [-0.2, 0) is 23.2 Å². The fraction of sp³-hybridized carbons (Fsp3) is 0.750. The number of carboxylic acids is 2. The second kappa shape index (κ2) is 6.61. The molecule has 1 rings (SSSR count). The lowest BCUT2D eigenvalue weighted by Gasteiger charge is -2.16. The van der Waals surface area contributed by atoms with E-state index in [2.05, 4.69) is 9.05 Å². The Kier molecular flexibility index (Phi) is 6.19. The van der Waals surface area contributed by atoms with E-state index in [4.69, 9.17) is 15.9 Å². The van der Waals surface area contributed by atoms with Gasteiger partial charge in [0.2, 0.25) is 0 Å². The molecule has 1 aliphatic heterocycles. The lowest BCUT2D eigenvalue weighted by molar-refractivity contribution is -0.157. The molecule has 0 aromatic heterocycles. The first-order chi connectivity index (χ1) is 7.64. The zero-order valence-electron chi connectivity index (χ0n) is 9.45. The van der Waals surface area contributed by atoms with Crippen molar-refractivity contribution in [2.75, 3.05) is 0 Å². The Balaban J connectivity index is 0.000000318. The van der Waals surface area contributed by atoms with Gasteiger partial charge in [-0.3, -0.25) is 9.59 Å². The first-order valence-corrected chi connectivity index (χ1v) is 5.79. The van der Waals surface area contributed by atoms with Gasteiger partial charge in [0.25, 0.3) is 5.79 Å². The molecule has 0 bridgehead atoms. The number of carboxylic acid groups (broad SMARTS) is 2. The van der Waals surface area contributed by atoms with E-state index in [1.807, 2.05) is 0 Å². The number of nitrogens with two attached hydrogens (primary N) is 1. The number of carbonyl (C=O) groups is 2. The quantitative estimate of drug-likeness (QED) is 0.633. The molecule has 1 unspecified atom stereocenters. The molecule has 1 heterocycles. The summed E-state index contributed by atoms with van der Waals surface area (Å²) in [4.78, 5) is 19.9. The summed E-state index contributed by atoms with van der Waals surface area (Å²) < 4.78 is 19.2. The molecule has 0 spiro atoms. The topological polar surface area (TPSA) is 136 Å². The van der Waals surface area contributed by atoms with Crippen LogP contribution in [0.25, 0.3) is 0 Å². The molecule has 1 aliphatic rings. The predicted octanol–water partition coefficient (Wildman–Crippen LogP) is 0.690. The van der Waals surface area contributed by atoms with Crippen LogP contribution in [0, 0.1) is 0 Å². The minimum atomic E-state index is -1.76. The SMILES string of the molecule is CC1(C)O[P+](=O)O1.NC(CCC(=O)O)C(=O)O. The lowest BCUT2D eigenvalue weighted by atomic mass is 10.2. The third-order valence-electron chi connectivity index (χ3n) is 1.58. The predicted molar refractivity (Wildman–Crippen MR) is 56.3 cm³/mol. The van der Waals surface area contributed by atoms with Gasteiger partial charge in [0.1, 0.15) is 6.04 Å². The summed E-state index contributed by atoms with van der Waals surface area (Å²) in [5.74, 6) is -2.79. The Bertz CT molecular complexity index is 307. The lowest BCUT2D eigenvalue weighted by Crippen LogP contribution is -2.30. The molecule has 0 saturated carbocycles. The molecule has 4 N–H and O–H groups in total. The molecule has 0 aliphatic carbocycles. The van der Waals surface area contributed by atoms with Gasteiger partial charge >= 0.3 is 20.2 Å². The van der Waals surface area contributed by atoms with Crippen LogP contribution in [0.5, 0.6) is 0 Å². The van der Waals surface area contributed by atoms with Gasteiger partial charge in [0.05, 0.1) is 0 Å². The summed E-state index contributed by atoms with van der Waals surface area (Å²) in [6.07, 6.45) is -0.224. The van der Waals surface area contributed by atoms with Crippen molar-refractivity contribution in [1.29, 1.82) is 0 Å². The van der Waals surface area contributed by atoms with Gasteiger partial charge in [-0.2, -0.15) is 0 Å². The maximum absolute atomic E-state index is 10.0. The molecule has 9 heteroatoms. The van der Waals surface area contributed by atoms with Gasteiger partial charge in [-0.1, -0.05) is 9.05 Å². The standard InChI is InChI=1S/C5H9NO4.C3H6O3P/c6-3(5(9)10)1-2-4(7)8;1-3(2)5-7(4)6-3/h3H,1-2,6H2,(H,7,8)(H,9,10);1-2H3/q;+1. The van der Waals surface area contributed by atoms with E-state index in [0.717, 1.165) is 0 Å². The summed E-state index contributed by atoms with van der Waals surface area (Å²) in [6, 6.07) is -1.06. The van der Waals surface area contributed by atoms with Crippen LogP contribution in [0.2, 0.25) is 0 Å². The van der Waals surface area contributed by atoms with E-state index in [9.17, 15) is 14.2 Å². The Morgan fingerprint density at radius 1 is 1.35 bits per heavy atom. The molecule has 0 radical (unpaired) electrons. The smallest absolute Gasteiger partial charge is 0.481 e. The number of aliphatic carboxylic acids is 2. The van der Waals surface area contributed by atoms with Crippen molar-refractivity contribution >= 4 is 20.2 Å². The van der Waals surface area contributed by atoms with Crippen molar-refractivity contribution in [2.45, 2.75) is 38.5 Å². The molecule has 98 valence electrons. The van der Waals surface area contributed by atoms with Gasteiger partial charge in [-0.15, -0.1) is 0 Å². The van der Waals surface area contributed by atoms with Crippen molar-refractivity contribution in [3.8, 4) is 0 Å². The maximum Gasteiger partial charge on any atom is 0.703 e. The van der Waals surface area contributed by atoms with Gasteiger partial charge in [0, 0.05) is 11.0 Å². The van der Waals surface area contributed by atoms with E-state index in [0.29, 0.717) is 0 Å². The normalized spacial score (nSPS) is 18.4. The van der Waals surface area contributed by atoms with Gasteiger partial charge in [0.15, 0.2) is 0 Å². The van der Waals surface area contributed by atoms with Gasteiger partial charge < -0.3 is 15.9 Å². The van der Waals surface area contributed by atoms with Crippen molar-refractivity contribution in [3.05, 3.63) is 0 Å². The fourth-order valence-corrected chi connectivity index (χ4v) is 1.50. The van der Waals surface area contributed by atoms with Crippen LogP contribution < -0.4 is 5.73 Å². The third kappa shape index (κ3) is 7.76. The molecule has 0 aromatic carbocycles. The Morgan fingerprint density at radius 3 is 2.00 bits per heavy atom. The van der Waals surface area contributed by atoms with E-state index >= 15 is 0 Å². The minimum Gasteiger partial charge on any atom is -0.481 e. The van der Waals surface area contributed by atoms with Crippen molar-refractivity contribution in [2.24, 2.45) is 5.73 Å². The van der Waals surface area contributed by atoms with E-state index in [-0.39, 0.29) is 12.8 Å². The maximum atomic E-state index is 10.0. The average molecular weight is 268 g/mol. The molecule has 0 aromatic rings. The molecule has 17 heavy (non-hydrogen) atoms. The molecule has 0 amide bonds. The van der Waals surface area contributed by atoms with Crippen LogP contribution in [0.3, 0.4) is 0 Å². The highest BCUT2D eigenvalue weighted by atomic mass is 31.1. The number of hydrogen-bond acceptors (Lipinski definition) is 6. The van der Waals surface area contributed by atoms with Crippen LogP contribution in [0.4, 0.5) is 0 Å². The zero-order valence-corrected chi connectivity index (χ0v) is 10.3. The zero-order chi connectivity index (χ0) is 13.6. The molecular formula is C8H15NO7P+. The number of rotatable bonds is 4. The van der Waals surface area contributed by atoms with E-state index < -0.39 is 32.0 Å². The van der Waals surface area contributed by atoms with E-state index in [1.165, 1.54) is 0 Å². The van der Waals surface area contributed by atoms with Crippen LogP contribution in [0.1, 0.15) is 26.7 Å². The van der Waals surface area contributed by atoms with E-state index in [1.54, 1.807) is 13.8 Å². The summed E-state index contributed by atoms with van der Waals surface area (Å²) >= 11 is 0. The summed E-state index contributed by atoms with van der Waals surface area (Å²) in [5.41, 5.74) is 5.00. The summed E-state index contributed by atoms with van der Waals surface area (Å²) in [6.45, 7) is 3.42. The van der Waals surface area contributed by atoms with Gasteiger partial charge in [-0.05, 0) is 20.3 Å². The molecule has 1 atom stereocenters. The first-order valence-electron chi connectivity index (χ1n) is 4.70. The molecular weight excluding hydrogens is 253 g/mol. The van der Waals surface area contributed by atoms with Crippen LogP contribution >= 0.6 is 8.25 Å². The average Bonchev–Trinajstić information content (AvgIpc) is 2.11. The molecule has 8 nitrogen and oxygen atoms in total. The van der Waals surface area contributed by atoms with Crippen LogP contribution in [-0.4, -0.2) is 34.0 Å².